The average molecular weight is 333 g/mol. The van der Waals surface area contributed by atoms with Crippen LogP contribution < -0.4 is 5.32 Å². The van der Waals surface area contributed by atoms with Crippen LogP contribution in [0.1, 0.15) is 35.6 Å². The van der Waals surface area contributed by atoms with E-state index < -0.39 is 11.7 Å². The lowest BCUT2D eigenvalue weighted by Gasteiger charge is -2.19. The maximum absolute atomic E-state index is 12.6. The molecule has 1 aliphatic rings. The Morgan fingerprint density at radius 2 is 1.67 bits per heavy atom. The molecule has 24 heavy (non-hydrogen) atoms. The summed E-state index contributed by atoms with van der Waals surface area (Å²) >= 11 is 0. The molecule has 1 N–H and O–H groups in total. The largest absolute Gasteiger partial charge is 0.416 e. The summed E-state index contributed by atoms with van der Waals surface area (Å²) in [6.07, 6.45) is -2.11. The summed E-state index contributed by atoms with van der Waals surface area (Å²) < 4.78 is 37.7. The van der Waals surface area contributed by atoms with E-state index in [1.54, 1.807) is 0 Å². The number of amides is 1. The molecule has 3 rings (SSSR count). The zero-order chi connectivity index (χ0) is 17.2. The van der Waals surface area contributed by atoms with Crippen LogP contribution in [-0.4, -0.2) is 5.91 Å². The Morgan fingerprint density at radius 1 is 1.04 bits per heavy atom. The molecule has 2 nitrogen and oxygen atoms in total. The van der Waals surface area contributed by atoms with E-state index in [0.717, 1.165) is 30.5 Å². The molecule has 1 aliphatic carbocycles. The average Bonchev–Trinajstić information content (AvgIpc) is 3.38. The molecule has 2 aromatic rings. The third kappa shape index (κ3) is 4.16. The Hall–Kier alpha value is -2.30. The fourth-order valence-corrected chi connectivity index (χ4v) is 2.78. The van der Waals surface area contributed by atoms with Crippen LogP contribution in [0.2, 0.25) is 0 Å². The molecule has 0 aromatic heterocycles. The minimum absolute atomic E-state index is 0.0202. The van der Waals surface area contributed by atoms with E-state index in [4.69, 9.17) is 0 Å². The van der Waals surface area contributed by atoms with E-state index in [1.807, 2.05) is 30.3 Å². The van der Waals surface area contributed by atoms with Gasteiger partial charge in [0.05, 0.1) is 18.0 Å². The van der Waals surface area contributed by atoms with E-state index in [1.165, 1.54) is 12.1 Å². The Balaban J connectivity index is 1.64. The topological polar surface area (TPSA) is 29.1 Å². The number of benzene rings is 2. The van der Waals surface area contributed by atoms with Crippen LogP contribution in [0.3, 0.4) is 0 Å². The summed E-state index contributed by atoms with van der Waals surface area (Å²) in [4.78, 5) is 12.3. The lowest BCUT2D eigenvalue weighted by molar-refractivity contribution is -0.137. The molecule has 2 aromatic carbocycles. The van der Waals surface area contributed by atoms with Gasteiger partial charge in [-0.3, -0.25) is 4.79 Å². The van der Waals surface area contributed by atoms with Crippen molar-refractivity contribution in [1.29, 1.82) is 0 Å². The first-order chi connectivity index (χ1) is 11.4. The molecule has 0 aliphatic heterocycles. The van der Waals surface area contributed by atoms with E-state index in [-0.39, 0.29) is 18.4 Å². The molecule has 1 unspecified atom stereocenters. The highest BCUT2D eigenvalue weighted by atomic mass is 19.4. The highest BCUT2D eigenvalue weighted by Crippen LogP contribution is 2.41. The zero-order valence-electron chi connectivity index (χ0n) is 13.0. The molecular weight excluding hydrogens is 315 g/mol. The van der Waals surface area contributed by atoms with Gasteiger partial charge < -0.3 is 5.32 Å². The molecule has 5 heteroatoms. The van der Waals surface area contributed by atoms with Crippen LogP contribution in [0.5, 0.6) is 0 Å². The summed E-state index contributed by atoms with van der Waals surface area (Å²) in [5.74, 6) is 0.277. The number of carbonyl (C=O) groups excluding carboxylic acids is 1. The van der Waals surface area contributed by atoms with Gasteiger partial charge in [0.1, 0.15) is 0 Å². The van der Waals surface area contributed by atoms with Crippen molar-refractivity contribution in [2.75, 3.05) is 0 Å². The Morgan fingerprint density at radius 3 is 2.21 bits per heavy atom. The number of hydrogen-bond acceptors (Lipinski definition) is 1. The Bertz CT molecular complexity index is 691. The van der Waals surface area contributed by atoms with Crippen molar-refractivity contribution in [2.45, 2.75) is 31.5 Å². The number of carbonyl (C=O) groups is 1. The van der Waals surface area contributed by atoms with Crippen molar-refractivity contribution in [2.24, 2.45) is 5.92 Å². The summed E-state index contributed by atoms with van der Waals surface area (Å²) in [5.41, 5.74) is 0.940. The van der Waals surface area contributed by atoms with Gasteiger partial charge >= 0.3 is 6.18 Å². The Kier molecular flexibility index (Phi) is 4.60. The van der Waals surface area contributed by atoms with Crippen LogP contribution >= 0.6 is 0 Å². The molecular formula is C19H18F3NO. The molecule has 0 saturated heterocycles. The van der Waals surface area contributed by atoms with Gasteiger partial charge in [-0.1, -0.05) is 42.5 Å². The summed E-state index contributed by atoms with van der Waals surface area (Å²) in [7, 11) is 0. The third-order valence-electron chi connectivity index (χ3n) is 4.21. The Labute approximate surface area is 138 Å². The first-order valence-electron chi connectivity index (χ1n) is 7.94. The summed E-state index contributed by atoms with van der Waals surface area (Å²) in [5, 5.41) is 3.03. The van der Waals surface area contributed by atoms with Crippen LogP contribution in [0.4, 0.5) is 13.2 Å². The molecule has 1 fully saturated rings. The number of nitrogens with one attached hydrogen (secondary N) is 1. The van der Waals surface area contributed by atoms with E-state index in [2.05, 4.69) is 5.32 Å². The maximum Gasteiger partial charge on any atom is 0.416 e. The van der Waals surface area contributed by atoms with Crippen molar-refractivity contribution in [3.8, 4) is 0 Å². The molecule has 1 amide bonds. The lowest BCUT2D eigenvalue weighted by Crippen LogP contribution is -2.31. The second kappa shape index (κ2) is 6.67. The standard InChI is InChI=1S/C19H18F3NO/c20-19(21,22)16-10-6-13(7-11-16)12-17(24)23-18(15-8-9-15)14-4-2-1-3-5-14/h1-7,10-11,15,18H,8-9,12H2,(H,23,24). The van der Waals surface area contributed by atoms with Crippen molar-refractivity contribution in [3.05, 3.63) is 71.3 Å². The second-order valence-electron chi connectivity index (χ2n) is 6.16. The predicted octanol–water partition coefficient (Wildman–Crippen LogP) is 4.52. The minimum Gasteiger partial charge on any atom is -0.349 e. The monoisotopic (exact) mass is 333 g/mol. The minimum atomic E-state index is -4.36. The molecule has 126 valence electrons. The van der Waals surface area contributed by atoms with Gasteiger partial charge in [0.25, 0.3) is 0 Å². The van der Waals surface area contributed by atoms with Gasteiger partial charge in [-0.15, -0.1) is 0 Å². The second-order valence-corrected chi connectivity index (χ2v) is 6.16. The van der Waals surface area contributed by atoms with Crippen molar-refractivity contribution in [3.63, 3.8) is 0 Å². The van der Waals surface area contributed by atoms with Gasteiger partial charge in [0.15, 0.2) is 0 Å². The van der Waals surface area contributed by atoms with E-state index >= 15 is 0 Å². The normalized spacial score (nSPS) is 15.8. The predicted molar refractivity (Wildman–Crippen MR) is 85.2 cm³/mol. The summed E-state index contributed by atoms with van der Waals surface area (Å²) in [6, 6.07) is 14.5. The van der Waals surface area contributed by atoms with Crippen LogP contribution in [-0.2, 0) is 17.4 Å². The van der Waals surface area contributed by atoms with Gasteiger partial charge in [-0.25, -0.2) is 0 Å². The van der Waals surface area contributed by atoms with Gasteiger partial charge in [-0.05, 0) is 42.0 Å². The highest BCUT2D eigenvalue weighted by Gasteiger charge is 2.33. The number of halogens is 3. The van der Waals surface area contributed by atoms with E-state index in [0.29, 0.717) is 11.5 Å². The van der Waals surface area contributed by atoms with Gasteiger partial charge in [0.2, 0.25) is 5.91 Å². The third-order valence-corrected chi connectivity index (χ3v) is 4.21. The van der Waals surface area contributed by atoms with Crippen LogP contribution in [0, 0.1) is 5.92 Å². The van der Waals surface area contributed by atoms with Crippen molar-refractivity contribution in [1.82, 2.24) is 5.32 Å². The maximum atomic E-state index is 12.6. The quantitative estimate of drug-likeness (QED) is 0.857. The molecule has 0 radical (unpaired) electrons. The number of rotatable bonds is 5. The van der Waals surface area contributed by atoms with Crippen molar-refractivity contribution >= 4 is 5.91 Å². The molecule has 0 bridgehead atoms. The van der Waals surface area contributed by atoms with Gasteiger partial charge in [0, 0.05) is 0 Å². The van der Waals surface area contributed by atoms with Crippen LogP contribution in [0.15, 0.2) is 54.6 Å². The lowest BCUT2D eigenvalue weighted by atomic mass is 10.0. The van der Waals surface area contributed by atoms with Crippen LogP contribution in [0.25, 0.3) is 0 Å². The fraction of sp³-hybridized carbons (Fsp3) is 0.316. The smallest absolute Gasteiger partial charge is 0.349 e. The molecule has 1 atom stereocenters. The fourth-order valence-electron chi connectivity index (χ4n) is 2.78. The first kappa shape index (κ1) is 16.6. The molecule has 0 heterocycles. The first-order valence-corrected chi connectivity index (χ1v) is 7.94. The van der Waals surface area contributed by atoms with Gasteiger partial charge in [-0.2, -0.15) is 13.2 Å². The van der Waals surface area contributed by atoms with Crippen molar-refractivity contribution < 1.29 is 18.0 Å². The number of hydrogen-bond donors (Lipinski definition) is 1. The van der Waals surface area contributed by atoms with E-state index in [9.17, 15) is 18.0 Å². The molecule has 1 saturated carbocycles. The highest BCUT2D eigenvalue weighted by molar-refractivity contribution is 5.79. The molecule has 0 spiro atoms. The SMILES string of the molecule is O=C(Cc1ccc(C(F)(F)F)cc1)NC(c1ccccc1)C1CC1. The zero-order valence-corrected chi connectivity index (χ0v) is 13.0. The number of alkyl halides is 3. The summed E-state index contributed by atoms with van der Waals surface area (Å²) in [6.45, 7) is 0.